The fourth-order valence-corrected chi connectivity index (χ4v) is 3.05. The molecule has 0 aromatic heterocycles. The largest absolute Gasteiger partial charge is 0.507 e. The number of benzene rings is 3. The van der Waals surface area contributed by atoms with Crippen molar-refractivity contribution in [1.29, 1.82) is 0 Å². The summed E-state index contributed by atoms with van der Waals surface area (Å²) in [5.74, 6) is 0.164. The van der Waals surface area contributed by atoms with Gasteiger partial charge in [0.1, 0.15) is 11.5 Å². The van der Waals surface area contributed by atoms with Gasteiger partial charge < -0.3 is 31.1 Å². The van der Waals surface area contributed by atoms with Gasteiger partial charge in [-0.25, -0.2) is 0 Å². The molecule has 3 rings (SSSR count). The smallest absolute Gasteiger partial charge is 0.133 e. The molecule has 132 valence electrons. The normalized spacial score (nSPS) is 11.1. The predicted molar refractivity (Wildman–Crippen MR) is 101 cm³/mol. The number of hydrogen-bond donors (Lipinski definition) is 6. The van der Waals surface area contributed by atoms with Gasteiger partial charge >= 0.3 is 0 Å². The molecule has 25 heavy (non-hydrogen) atoms. The number of phenols is 2. The molecular formula is C19H22N2O4. The highest BCUT2D eigenvalue weighted by Crippen LogP contribution is 2.47. The molecule has 0 saturated heterocycles. The lowest BCUT2D eigenvalue weighted by Gasteiger charge is -2.18. The van der Waals surface area contributed by atoms with Gasteiger partial charge in [-0.2, -0.15) is 0 Å². The minimum absolute atomic E-state index is 0.0433. The third kappa shape index (κ3) is 3.14. The highest BCUT2D eigenvalue weighted by molar-refractivity contribution is 6.18. The summed E-state index contributed by atoms with van der Waals surface area (Å²) in [6.45, 7) is 0.904. The van der Waals surface area contributed by atoms with Crippen molar-refractivity contribution in [2.75, 3.05) is 36.9 Å². The summed E-state index contributed by atoms with van der Waals surface area (Å²) in [6.07, 6.45) is 0.576. The maximum Gasteiger partial charge on any atom is 0.133 e. The third-order valence-corrected chi connectivity index (χ3v) is 4.19. The summed E-state index contributed by atoms with van der Waals surface area (Å²) in [4.78, 5) is 0. The van der Waals surface area contributed by atoms with Crippen LogP contribution in [0.5, 0.6) is 11.5 Å². The summed E-state index contributed by atoms with van der Waals surface area (Å²) in [6, 6.07) is 10.7. The summed E-state index contributed by atoms with van der Waals surface area (Å²) >= 11 is 0. The maximum absolute atomic E-state index is 10.8. The lowest BCUT2D eigenvalue weighted by molar-refractivity contribution is 0.292. The van der Waals surface area contributed by atoms with Crippen LogP contribution in [-0.4, -0.2) is 46.7 Å². The first kappa shape index (κ1) is 17.1. The van der Waals surface area contributed by atoms with Crippen molar-refractivity contribution in [1.82, 2.24) is 0 Å². The van der Waals surface area contributed by atoms with E-state index in [4.69, 9.17) is 10.2 Å². The number of hydrogen-bond acceptors (Lipinski definition) is 6. The predicted octanol–water partition coefficient (Wildman–Crippen LogP) is 2.60. The van der Waals surface area contributed by atoms with Crippen LogP contribution in [-0.2, 0) is 0 Å². The molecule has 0 aliphatic rings. The first-order valence-electron chi connectivity index (χ1n) is 8.27. The van der Waals surface area contributed by atoms with E-state index < -0.39 is 0 Å². The summed E-state index contributed by atoms with van der Waals surface area (Å²) in [7, 11) is 0. The molecule has 0 fully saturated rings. The number of phenolic OH excluding ortho intramolecular Hbond substituents is 2. The highest BCUT2D eigenvalue weighted by Gasteiger charge is 2.18. The Balaban J connectivity index is 2.28. The van der Waals surface area contributed by atoms with Gasteiger partial charge in [-0.05, 0) is 18.6 Å². The number of rotatable bonds is 7. The molecule has 0 heterocycles. The van der Waals surface area contributed by atoms with E-state index in [1.54, 1.807) is 30.3 Å². The van der Waals surface area contributed by atoms with Crippen molar-refractivity contribution in [3.8, 4) is 11.5 Å². The monoisotopic (exact) mass is 342 g/mol. The Morgan fingerprint density at radius 2 is 1.20 bits per heavy atom. The summed E-state index contributed by atoms with van der Waals surface area (Å²) in [5, 5.41) is 48.1. The first-order chi connectivity index (χ1) is 12.2. The van der Waals surface area contributed by atoms with Crippen LogP contribution in [0, 0.1) is 0 Å². The van der Waals surface area contributed by atoms with E-state index in [1.807, 2.05) is 6.07 Å². The number of aliphatic hydroxyl groups is 2. The van der Waals surface area contributed by atoms with Crippen molar-refractivity contribution < 1.29 is 20.4 Å². The summed E-state index contributed by atoms with van der Waals surface area (Å²) in [5.41, 5.74) is 1.31. The molecule has 0 radical (unpaired) electrons. The van der Waals surface area contributed by atoms with Gasteiger partial charge in [0, 0.05) is 41.8 Å². The van der Waals surface area contributed by atoms with E-state index >= 15 is 0 Å². The lowest BCUT2D eigenvalue weighted by Crippen LogP contribution is -2.08. The molecular weight excluding hydrogens is 320 g/mol. The minimum atomic E-state index is -0.0433. The highest BCUT2D eigenvalue weighted by atomic mass is 16.3. The lowest BCUT2D eigenvalue weighted by atomic mass is 9.98. The van der Waals surface area contributed by atoms with Gasteiger partial charge in [0.15, 0.2) is 0 Å². The fraction of sp³-hybridized carbons (Fsp3) is 0.263. The average Bonchev–Trinajstić information content (AvgIpc) is 2.64. The molecule has 3 aromatic carbocycles. The van der Waals surface area contributed by atoms with Gasteiger partial charge in [0.05, 0.1) is 17.4 Å². The van der Waals surface area contributed by atoms with Gasteiger partial charge in [0.2, 0.25) is 0 Å². The van der Waals surface area contributed by atoms with Crippen LogP contribution >= 0.6 is 0 Å². The van der Waals surface area contributed by atoms with Crippen molar-refractivity contribution in [2.24, 2.45) is 0 Å². The number of nitrogens with one attached hydrogen (secondary N) is 2. The quantitative estimate of drug-likeness (QED) is 0.224. The second-order valence-corrected chi connectivity index (χ2v) is 5.81. The van der Waals surface area contributed by atoms with Crippen molar-refractivity contribution in [3.05, 3.63) is 36.4 Å². The van der Waals surface area contributed by atoms with E-state index in [9.17, 15) is 10.2 Å². The van der Waals surface area contributed by atoms with E-state index in [0.29, 0.717) is 52.4 Å². The maximum atomic E-state index is 10.8. The Labute approximate surface area is 145 Å². The van der Waals surface area contributed by atoms with Gasteiger partial charge in [-0.1, -0.05) is 24.3 Å². The van der Waals surface area contributed by atoms with Crippen LogP contribution < -0.4 is 10.6 Å². The average molecular weight is 342 g/mol. The third-order valence-electron chi connectivity index (χ3n) is 4.19. The van der Waals surface area contributed by atoms with Crippen molar-refractivity contribution >= 4 is 32.9 Å². The van der Waals surface area contributed by atoms with Gasteiger partial charge in [-0.15, -0.1) is 0 Å². The van der Waals surface area contributed by atoms with E-state index in [1.165, 1.54) is 0 Å². The van der Waals surface area contributed by atoms with Crippen LogP contribution in [0.2, 0.25) is 0 Å². The van der Waals surface area contributed by atoms with Crippen LogP contribution in [0.25, 0.3) is 21.5 Å². The molecule has 0 aliphatic heterocycles. The molecule has 3 aromatic rings. The number of aliphatic hydroxyl groups excluding tert-OH is 2. The molecule has 0 unspecified atom stereocenters. The zero-order valence-electron chi connectivity index (χ0n) is 13.8. The van der Waals surface area contributed by atoms with E-state index in [-0.39, 0.29) is 24.7 Å². The van der Waals surface area contributed by atoms with Crippen LogP contribution in [0.3, 0.4) is 0 Å². The summed E-state index contributed by atoms with van der Waals surface area (Å²) < 4.78 is 0. The SMILES string of the molecule is OCCCNc1ccc(NCCO)c2c(O)c3ccccc3c(O)c12. The number of aromatic hydroxyl groups is 2. The van der Waals surface area contributed by atoms with Crippen molar-refractivity contribution in [3.63, 3.8) is 0 Å². The Kier molecular flexibility index (Phi) is 5.11. The number of fused-ring (bicyclic) bond motifs is 2. The second kappa shape index (κ2) is 7.46. The van der Waals surface area contributed by atoms with Gasteiger partial charge in [-0.3, -0.25) is 0 Å². The Morgan fingerprint density at radius 1 is 0.680 bits per heavy atom. The molecule has 6 N–H and O–H groups in total. The zero-order valence-corrected chi connectivity index (χ0v) is 13.8. The first-order valence-corrected chi connectivity index (χ1v) is 8.27. The molecule has 0 saturated carbocycles. The molecule has 0 bridgehead atoms. The standard InChI is InChI=1S/C19H22N2O4/c22-10-3-8-20-14-6-7-15(21-9-11-23)17-16(14)18(24)12-4-1-2-5-13(12)19(17)25/h1-2,4-7,20-25H,3,8-11H2. The molecule has 6 heteroatoms. The van der Waals surface area contributed by atoms with E-state index in [2.05, 4.69) is 10.6 Å². The Morgan fingerprint density at radius 3 is 1.68 bits per heavy atom. The minimum Gasteiger partial charge on any atom is -0.507 e. The molecule has 6 nitrogen and oxygen atoms in total. The van der Waals surface area contributed by atoms with E-state index in [0.717, 1.165) is 0 Å². The zero-order chi connectivity index (χ0) is 17.8. The van der Waals surface area contributed by atoms with Crippen LogP contribution in [0.1, 0.15) is 6.42 Å². The van der Waals surface area contributed by atoms with Crippen LogP contribution in [0.15, 0.2) is 36.4 Å². The fourth-order valence-electron chi connectivity index (χ4n) is 3.05. The second-order valence-electron chi connectivity index (χ2n) is 5.81. The molecule has 0 spiro atoms. The van der Waals surface area contributed by atoms with Crippen LogP contribution in [0.4, 0.5) is 11.4 Å². The molecule has 0 atom stereocenters. The molecule has 0 aliphatic carbocycles. The van der Waals surface area contributed by atoms with Gasteiger partial charge in [0.25, 0.3) is 0 Å². The Bertz CT molecular complexity index is 896. The topological polar surface area (TPSA) is 105 Å². The number of anilines is 2. The van der Waals surface area contributed by atoms with Crippen molar-refractivity contribution in [2.45, 2.75) is 6.42 Å². The Hall–Kier alpha value is -2.70. The molecule has 0 amide bonds.